The largest absolute Gasteiger partial charge is 0.477 e. The summed E-state index contributed by atoms with van der Waals surface area (Å²) in [7, 11) is 0. The SMILES string of the molecule is N#C/C(=C\c1ccc(-c2ccc(-n3c4ccc(-c5ccc(/C=C/c6ccc(N(c7ccccc7)c7ccccc7)cc6)cc5)cc4c4cc(-c5ccc(/C=C/c6ccc(N(c7ccccc7)c7ccccc7)cc6)cc5)ccc43)s2)s1)C(=O)O. The van der Waals surface area contributed by atoms with Crippen molar-refractivity contribution in [2.24, 2.45) is 0 Å². The Labute approximate surface area is 496 Å². The molecule has 0 aliphatic heterocycles. The molecule has 0 amide bonds. The van der Waals surface area contributed by atoms with E-state index in [1.807, 2.05) is 36.4 Å². The van der Waals surface area contributed by atoms with E-state index in [0.717, 1.165) is 115 Å². The topological polar surface area (TPSA) is 72.5 Å². The van der Waals surface area contributed by atoms with Gasteiger partial charge in [0, 0.05) is 59.5 Å². The van der Waals surface area contributed by atoms with Gasteiger partial charge < -0.3 is 19.5 Å². The molecule has 0 aliphatic carbocycles. The van der Waals surface area contributed by atoms with Gasteiger partial charge in [0.15, 0.2) is 0 Å². The number of carboxylic acid groups (broad SMARTS) is 1. The predicted molar refractivity (Wildman–Crippen MR) is 354 cm³/mol. The normalized spacial score (nSPS) is 11.6. The summed E-state index contributed by atoms with van der Waals surface area (Å²) < 4.78 is 2.35. The van der Waals surface area contributed by atoms with Gasteiger partial charge in [0.2, 0.25) is 0 Å². The maximum Gasteiger partial charge on any atom is 0.346 e. The van der Waals surface area contributed by atoms with Gasteiger partial charge >= 0.3 is 5.97 Å². The van der Waals surface area contributed by atoms with E-state index in [9.17, 15) is 15.2 Å². The zero-order valence-corrected chi connectivity index (χ0v) is 47.0. The fourth-order valence-corrected chi connectivity index (χ4v) is 12.8. The number of carboxylic acids is 1. The average Bonchev–Trinajstić information content (AvgIpc) is 3.05. The molecule has 8 heteroatoms. The quantitative estimate of drug-likeness (QED) is 0.0593. The number of fused-ring (bicyclic) bond motifs is 3. The van der Waals surface area contributed by atoms with Crippen LogP contribution >= 0.6 is 22.7 Å². The lowest BCUT2D eigenvalue weighted by atomic mass is 9.99. The molecule has 13 aromatic rings. The van der Waals surface area contributed by atoms with Crippen LogP contribution in [0.3, 0.4) is 0 Å². The third-order valence-electron chi connectivity index (χ3n) is 14.9. The van der Waals surface area contributed by atoms with Gasteiger partial charge in [-0.1, -0.05) is 182 Å². The number of para-hydroxylation sites is 4. The number of hydrogen-bond acceptors (Lipinski definition) is 6. The number of nitriles is 1. The number of nitrogens with zero attached hydrogens (tertiary/aromatic N) is 4. The van der Waals surface area contributed by atoms with Crippen molar-refractivity contribution in [1.82, 2.24) is 4.57 Å². The van der Waals surface area contributed by atoms with E-state index in [1.165, 1.54) is 17.4 Å². The Morgan fingerprint density at radius 1 is 0.393 bits per heavy atom. The molecule has 0 radical (unpaired) electrons. The lowest BCUT2D eigenvalue weighted by Crippen LogP contribution is -2.09. The Bertz CT molecular complexity index is 4280. The highest BCUT2D eigenvalue weighted by Gasteiger charge is 2.19. The summed E-state index contributed by atoms with van der Waals surface area (Å²) in [5, 5.41) is 22.2. The maximum atomic E-state index is 11.6. The van der Waals surface area contributed by atoms with E-state index in [1.54, 1.807) is 17.4 Å². The van der Waals surface area contributed by atoms with Crippen LogP contribution in [0.4, 0.5) is 34.1 Å². The Hall–Kier alpha value is -10.8. The highest BCUT2D eigenvalue weighted by Crippen LogP contribution is 2.43. The van der Waals surface area contributed by atoms with E-state index >= 15 is 0 Å². The molecular weight excluding hydrogens is 1060 g/mol. The van der Waals surface area contributed by atoms with E-state index in [4.69, 9.17) is 0 Å². The van der Waals surface area contributed by atoms with Crippen molar-refractivity contribution in [3.8, 4) is 43.1 Å². The Balaban J connectivity index is 0.785. The van der Waals surface area contributed by atoms with Crippen molar-refractivity contribution in [3.05, 3.63) is 312 Å². The summed E-state index contributed by atoms with van der Waals surface area (Å²) in [4.78, 5) is 18.9. The predicted octanol–water partition coefficient (Wildman–Crippen LogP) is 21.2. The molecule has 400 valence electrons. The maximum absolute atomic E-state index is 11.6. The molecule has 0 aliphatic rings. The first kappa shape index (κ1) is 52.5. The Morgan fingerprint density at radius 3 is 1.12 bits per heavy atom. The minimum Gasteiger partial charge on any atom is -0.477 e. The van der Waals surface area contributed by atoms with Crippen molar-refractivity contribution in [2.45, 2.75) is 0 Å². The van der Waals surface area contributed by atoms with Crippen molar-refractivity contribution in [1.29, 1.82) is 5.26 Å². The van der Waals surface area contributed by atoms with Crippen molar-refractivity contribution in [3.63, 3.8) is 0 Å². The number of benzene rings is 10. The number of carbonyl (C=O) groups is 1. The average molecular weight is 1120 g/mol. The minimum absolute atomic E-state index is 0.291. The van der Waals surface area contributed by atoms with Gasteiger partial charge in [0.25, 0.3) is 0 Å². The molecular formula is C76H52N4O2S2. The van der Waals surface area contributed by atoms with Crippen LogP contribution in [-0.4, -0.2) is 15.6 Å². The first-order valence-corrected chi connectivity index (χ1v) is 29.2. The molecule has 10 aromatic carbocycles. The Morgan fingerprint density at radius 2 is 0.738 bits per heavy atom. The first-order chi connectivity index (χ1) is 41.4. The van der Waals surface area contributed by atoms with E-state index in [2.05, 4.69) is 281 Å². The van der Waals surface area contributed by atoms with Crippen LogP contribution in [0, 0.1) is 11.3 Å². The summed E-state index contributed by atoms with van der Waals surface area (Å²) in [6.07, 6.45) is 10.1. The van der Waals surface area contributed by atoms with E-state index in [0.29, 0.717) is 4.88 Å². The van der Waals surface area contributed by atoms with Gasteiger partial charge in [-0.05, 0) is 172 Å². The summed E-state index contributed by atoms with van der Waals surface area (Å²) >= 11 is 3.15. The van der Waals surface area contributed by atoms with Gasteiger partial charge in [-0.25, -0.2) is 4.79 Å². The van der Waals surface area contributed by atoms with Crippen LogP contribution in [0.25, 0.3) is 89.2 Å². The van der Waals surface area contributed by atoms with Gasteiger partial charge in [0.1, 0.15) is 16.6 Å². The third kappa shape index (κ3) is 11.2. The van der Waals surface area contributed by atoms with E-state index in [-0.39, 0.29) is 5.57 Å². The summed E-state index contributed by atoms with van der Waals surface area (Å²) in [6.45, 7) is 0. The highest BCUT2D eigenvalue weighted by atomic mass is 32.1. The van der Waals surface area contributed by atoms with Crippen molar-refractivity contribution >= 4 is 115 Å². The molecule has 0 fully saturated rings. The fraction of sp³-hybridized carbons (Fsp3) is 0. The van der Waals surface area contributed by atoms with Crippen molar-refractivity contribution < 1.29 is 9.90 Å². The molecule has 0 bridgehead atoms. The lowest BCUT2D eigenvalue weighted by molar-refractivity contribution is -0.132. The molecule has 13 rings (SSSR count). The van der Waals surface area contributed by atoms with E-state index < -0.39 is 5.97 Å². The second-order valence-corrected chi connectivity index (χ2v) is 22.4. The molecule has 0 saturated carbocycles. The minimum atomic E-state index is -1.24. The zero-order chi connectivity index (χ0) is 56.8. The number of aromatic nitrogens is 1. The molecule has 84 heavy (non-hydrogen) atoms. The molecule has 0 saturated heterocycles. The van der Waals surface area contributed by atoms with Gasteiger partial charge in [0.05, 0.1) is 11.0 Å². The van der Waals surface area contributed by atoms with Crippen molar-refractivity contribution in [2.75, 3.05) is 9.80 Å². The standard InChI is InChI=1S/C76H52N4O2S2/c77-52-61(76(81)82)49-68-43-46-73(83-68)74-47-48-75(84-74)80-71-44-37-59(57-33-25-53(26-34-57)21-23-55-29-39-66(40-30-55)78(62-13-5-1-6-14-62)63-15-7-2-8-16-63)50-69(71)70-51-60(38-45-72(70)80)58-35-27-54(28-36-58)22-24-56-31-41-67(42-32-56)79(64-17-9-3-10-18-64)65-19-11-4-12-20-65/h1-51H,(H,81,82)/b23-21+,24-22+,61-49+. The van der Waals surface area contributed by atoms with Crippen LogP contribution in [0.2, 0.25) is 0 Å². The number of thiophene rings is 2. The fourth-order valence-electron chi connectivity index (χ4n) is 10.7. The zero-order valence-electron chi connectivity index (χ0n) is 45.4. The van der Waals surface area contributed by atoms with Gasteiger partial charge in [-0.15, -0.1) is 22.7 Å². The first-order valence-electron chi connectivity index (χ1n) is 27.6. The lowest BCUT2D eigenvalue weighted by Gasteiger charge is -2.25. The molecule has 0 spiro atoms. The van der Waals surface area contributed by atoms with Crippen LogP contribution in [-0.2, 0) is 4.79 Å². The summed E-state index contributed by atoms with van der Waals surface area (Å²) in [6, 6.07) is 100. The molecule has 3 heterocycles. The number of rotatable bonds is 16. The van der Waals surface area contributed by atoms with Crippen LogP contribution in [0.15, 0.2) is 285 Å². The number of anilines is 6. The second kappa shape index (κ2) is 23.7. The number of hydrogen-bond donors (Lipinski definition) is 1. The van der Waals surface area contributed by atoms with Crippen LogP contribution < -0.4 is 9.80 Å². The number of aliphatic carboxylic acids is 1. The second-order valence-electron chi connectivity index (χ2n) is 20.2. The third-order valence-corrected chi connectivity index (χ3v) is 17.2. The van der Waals surface area contributed by atoms with Gasteiger partial charge in [-0.2, -0.15) is 5.26 Å². The molecule has 0 atom stereocenters. The molecule has 1 N–H and O–H groups in total. The Kier molecular flexibility index (Phi) is 14.8. The summed E-state index contributed by atoms with van der Waals surface area (Å²) in [5.74, 6) is -1.24. The monoisotopic (exact) mass is 1120 g/mol. The summed E-state index contributed by atoms with van der Waals surface area (Å²) in [5.41, 5.74) is 17.5. The van der Waals surface area contributed by atoms with Gasteiger partial charge in [-0.3, -0.25) is 0 Å². The highest BCUT2D eigenvalue weighted by molar-refractivity contribution is 7.23. The van der Waals surface area contributed by atoms with Crippen LogP contribution in [0.5, 0.6) is 0 Å². The smallest absolute Gasteiger partial charge is 0.346 e. The molecule has 3 aromatic heterocycles. The molecule has 6 nitrogen and oxygen atoms in total. The van der Waals surface area contributed by atoms with Crippen LogP contribution in [0.1, 0.15) is 27.1 Å². The molecule has 0 unspecified atom stereocenters.